The third-order valence-corrected chi connectivity index (χ3v) is 9.59. The Balaban J connectivity index is 1.31. The van der Waals surface area contributed by atoms with Crippen LogP contribution in [0, 0.1) is 6.92 Å². The van der Waals surface area contributed by atoms with Gasteiger partial charge in [-0.3, -0.25) is 14.5 Å². The number of anilines is 2. The number of benzene rings is 3. The number of hydrogen-bond donors (Lipinski definition) is 1. The summed E-state index contributed by atoms with van der Waals surface area (Å²) in [6.45, 7) is 1.84. The average Bonchev–Trinajstić information content (AvgIpc) is 3.62. The molecule has 0 radical (unpaired) electrons. The molecule has 1 atom stereocenters. The summed E-state index contributed by atoms with van der Waals surface area (Å²) >= 11 is 6.48. The molecule has 3 aromatic carbocycles. The number of amides is 2. The molecule has 1 aliphatic rings. The first kappa shape index (κ1) is 32.1. The molecule has 3 aromatic heterocycles. The van der Waals surface area contributed by atoms with Crippen LogP contribution >= 0.6 is 11.6 Å². The highest BCUT2D eigenvalue weighted by Crippen LogP contribution is 2.37. The highest BCUT2D eigenvalue weighted by Gasteiger charge is 2.37. The first-order chi connectivity index (χ1) is 23.5. The Labute approximate surface area is 286 Å². The van der Waals surface area contributed by atoms with E-state index in [2.05, 4.69) is 4.98 Å². The van der Waals surface area contributed by atoms with E-state index >= 15 is 0 Å². The van der Waals surface area contributed by atoms with Crippen molar-refractivity contribution >= 4 is 45.8 Å². The number of pyridine rings is 1. The molecule has 49 heavy (non-hydrogen) atoms. The molecule has 0 aliphatic carbocycles. The number of phenols is 1. The molecule has 7 rings (SSSR count). The molecule has 0 saturated carbocycles. The van der Waals surface area contributed by atoms with Gasteiger partial charge in [0.25, 0.3) is 18.2 Å². The number of aromatic hydroxyl groups is 1. The first-order valence-electron chi connectivity index (χ1n) is 15.7. The lowest BCUT2D eigenvalue weighted by molar-refractivity contribution is 0.0142. The maximum atomic E-state index is 14.6. The predicted molar refractivity (Wildman–Crippen MR) is 186 cm³/mol. The Morgan fingerprint density at radius 3 is 2.41 bits per heavy atom. The molecular formula is C38H32ClF2N5O3. The number of aryl methyl sites for hydroxylation is 1. The monoisotopic (exact) mass is 679 g/mol. The van der Waals surface area contributed by atoms with E-state index in [0.717, 1.165) is 22.2 Å². The van der Waals surface area contributed by atoms with E-state index in [1.165, 1.54) is 21.9 Å². The van der Waals surface area contributed by atoms with Crippen LogP contribution in [-0.2, 0) is 27.1 Å². The van der Waals surface area contributed by atoms with Crippen molar-refractivity contribution in [3.63, 3.8) is 0 Å². The van der Waals surface area contributed by atoms with E-state index in [1.807, 2.05) is 54.2 Å². The number of phenolic OH excluding ortho intramolecular Hbond substituents is 1. The number of aromatic nitrogens is 3. The van der Waals surface area contributed by atoms with Crippen LogP contribution in [0.5, 0.6) is 5.75 Å². The fourth-order valence-corrected chi connectivity index (χ4v) is 6.78. The van der Waals surface area contributed by atoms with Crippen molar-refractivity contribution in [2.75, 3.05) is 4.90 Å². The molecule has 1 aliphatic heterocycles. The van der Waals surface area contributed by atoms with Crippen LogP contribution in [0.4, 0.5) is 20.2 Å². The molecule has 0 saturated heterocycles. The molecule has 0 bridgehead atoms. The van der Waals surface area contributed by atoms with Crippen LogP contribution < -0.4 is 4.90 Å². The highest BCUT2D eigenvalue weighted by atomic mass is 35.5. The van der Waals surface area contributed by atoms with E-state index in [0.29, 0.717) is 38.9 Å². The number of rotatable bonds is 6. The Bertz CT molecular complexity index is 2240. The standard InChI is InChI=1S/C38H32ClF2N5O3/c1-22-31(38(49)46(27-9-11-29(47)12-10-27)28-16-24-14-15-43(2)36(24)42-20-28)19-33(44(22)3)32-18-26(39)8-13-30(32)37(48)45-21-25-7-5-4-6-23(25)17-34(45)35(40)41/h4-16,18-20,34-35,47H,17,21H2,1-3H3/t34-/m0/s1. The molecule has 0 unspecified atom stereocenters. The zero-order valence-electron chi connectivity index (χ0n) is 26.9. The summed E-state index contributed by atoms with van der Waals surface area (Å²) in [4.78, 5) is 36.2. The average molecular weight is 680 g/mol. The Hall–Kier alpha value is -5.48. The topological polar surface area (TPSA) is 83.6 Å². The second kappa shape index (κ2) is 12.5. The van der Waals surface area contributed by atoms with E-state index in [9.17, 15) is 23.5 Å². The van der Waals surface area contributed by atoms with Gasteiger partial charge < -0.3 is 19.1 Å². The quantitative estimate of drug-likeness (QED) is 0.193. The van der Waals surface area contributed by atoms with Crippen molar-refractivity contribution < 1.29 is 23.5 Å². The van der Waals surface area contributed by atoms with Crippen LogP contribution in [0.15, 0.2) is 97.3 Å². The van der Waals surface area contributed by atoms with Gasteiger partial charge in [-0.1, -0.05) is 35.9 Å². The Kier molecular flexibility index (Phi) is 8.20. The molecule has 1 N–H and O–H groups in total. The zero-order chi connectivity index (χ0) is 34.6. The van der Waals surface area contributed by atoms with Gasteiger partial charge in [-0.2, -0.15) is 0 Å². The van der Waals surface area contributed by atoms with E-state index in [-0.39, 0.29) is 30.2 Å². The summed E-state index contributed by atoms with van der Waals surface area (Å²) in [6, 6.07) is 22.5. The second-order valence-electron chi connectivity index (χ2n) is 12.3. The molecule has 6 aromatic rings. The maximum Gasteiger partial charge on any atom is 0.264 e. The summed E-state index contributed by atoms with van der Waals surface area (Å²) in [6.07, 6.45) is 0.805. The maximum absolute atomic E-state index is 14.6. The van der Waals surface area contributed by atoms with E-state index in [1.54, 1.807) is 61.1 Å². The smallest absolute Gasteiger partial charge is 0.264 e. The lowest BCUT2D eigenvalue weighted by Gasteiger charge is -2.37. The molecule has 0 spiro atoms. The lowest BCUT2D eigenvalue weighted by Crippen LogP contribution is -2.48. The summed E-state index contributed by atoms with van der Waals surface area (Å²) in [5.74, 6) is -0.871. The Morgan fingerprint density at radius 1 is 0.939 bits per heavy atom. The Morgan fingerprint density at radius 2 is 1.67 bits per heavy atom. The van der Waals surface area contributed by atoms with Crippen molar-refractivity contribution in [2.24, 2.45) is 14.1 Å². The number of hydrogen-bond acceptors (Lipinski definition) is 4. The first-order valence-corrected chi connectivity index (χ1v) is 16.1. The van der Waals surface area contributed by atoms with Crippen molar-refractivity contribution in [1.82, 2.24) is 19.0 Å². The number of nitrogens with zero attached hydrogens (tertiary/aromatic N) is 5. The van der Waals surface area contributed by atoms with E-state index < -0.39 is 18.4 Å². The lowest BCUT2D eigenvalue weighted by atomic mass is 9.92. The second-order valence-corrected chi connectivity index (χ2v) is 12.7. The predicted octanol–water partition coefficient (Wildman–Crippen LogP) is 8.06. The van der Waals surface area contributed by atoms with Gasteiger partial charge in [0.2, 0.25) is 0 Å². The van der Waals surface area contributed by atoms with Gasteiger partial charge in [-0.15, -0.1) is 0 Å². The van der Waals surface area contributed by atoms with Crippen molar-refractivity contribution in [2.45, 2.75) is 32.4 Å². The van der Waals surface area contributed by atoms with Gasteiger partial charge in [0, 0.05) is 65.4 Å². The minimum atomic E-state index is -2.75. The van der Waals surface area contributed by atoms with Gasteiger partial charge >= 0.3 is 0 Å². The van der Waals surface area contributed by atoms with Crippen LogP contribution in [0.25, 0.3) is 22.3 Å². The summed E-state index contributed by atoms with van der Waals surface area (Å²) in [5, 5.41) is 11.2. The SMILES string of the molecule is Cc1c(C(=O)N(c2ccc(O)cc2)c2cnc3c(ccn3C)c2)cc(-c2cc(Cl)ccc2C(=O)N2Cc3ccccc3C[C@H]2C(F)F)n1C. The summed E-state index contributed by atoms with van der Waals surface area (Å²) in [5.41, 5.74) is 5.47. The van der Waals surface area contributed by atoms with E-state index in [4.69, 9.17) is 11.6 Å². The largest absolute Gasteiger partial charge is 0.508 e. The molecule has 0 fully saturated rings. The van der Waals surface area contributed by atoms with Crippen LogP contribution in [0.1, 0.15) is 37.5 Å². The minimum absolute atomic E-state index is 0.0428. The third kappa shape index (κ3) is 5.72. The van der Waals surface area contributed by atoms with Gasteiger partial charge in [0.05, 0.1) is 23.5 Å². The third-order valence-electron chi connectivity index (χ3n) is 9.36. The fraction of sp³-hybridized carbons (Fsp3) is 0.184. The zero-order valence-corrected chi connectivity index (χ0v) is 27.7. The van der Waals surface area contributed by atoms with Crippen LogP contribution in [0.2, 0.25) is 5.02 Å². The molecule has 2 amide bonds. The van der Waals surface area contributed by atoms with Crippen LogP contribution in [-0.4, -0.2) is 48.4 Å². The molecule has 8 nitrogen and oxygen atoms in total. The number of carbonyl (C=O) groups excluding carboxylic acids is 2. The van der Waals surface area contributed by atoms with Gasteiger partial charge in [0.1, 0.15) is 11.4 Å². The number of alkyl halides is 2. The molecule has 4 heterocycles. The van der Waals surface area contributed by atoms with Gasteiger partial charge in [0.15, 0.2) is 0 Å². The molecular weight excluding hydrogens is 648 g/mol. The van der Waals surface area contributed by atoms with Gasteiger partial charge in [-0.05, 0) is 85.1 Å². The number of halogens is 3. The van der Waals surface area contributed by atoms with Crippen molar-refractivity contribution in [3.8, 4) is 17.0 Å². The van der Waals surface area contributed by atoms with Crippen molar-refractivity contribution in [1.29, 1.82) is 0 Å². The van der Waals surface area contributed by atoms with Crippen molar-refractivity contribution in [3.05, 3.63) is 130 Å². The number of carbonyl (C=O) groups is 2. The highest BCUT2D eigenvalue weighted by molar-refractivity contribution is 6.31. The molecule has 248 valence electrons. The van der Waals surface area contributed by atoms with Crippen LogP contribution in [0.3, 0.4) is 0 Å². The normalized spacial score (nSPS) is 14.3. The number of fused-ring (bicyclic) bond motifs is 2. The summed E-state index contributed by atoms with van der Waals surface area (Å²) < 4.78 is 32.5. The minimum Gasteiger partial charge on any atom is -0.508 e. The van der Waals surface area contributed by atoms with Gasteiger partial charge in [-0.25, -0.2) is 13.8 Å². The summed E-state index contributed by atoms with van der Waals surface area (Å²) in [7, 11) is 3.66. The fourth-order valence-electron chi connectivity index (χ4n) is 6.61. The molecule has 11 heteroatoms.